The fraction of sp³-hybridized carbons (Fsp3) is 0.194. The Kier molecular flexibility index (Phi) is 7.17. The molecule has 1 fully saturated rings. The first-order valence-corrected chi connectivity index (χ1v) is 12.5. The first kappa shape index (κ1) is 23.5. The summed E-state index contributed by atoms with van der Waals surface area (Å²) in [6.07, 6.45) is 0. The fourth-order valence-corrected chi connectivity index (χ4v) is 4.77. The Balaban J connectivity index is 1.40. The van der Waals surface area contributed by atoms with Gasteiger partial charge in [0.25, 0.3) is 5.91 Å². The Labute approximate surface area is 213 Å². The summed E-state index contributed by atoms with van der Waals surface area (Å²) in [6.45, 7) is 3.80. The van der Waals surface area contributed by atoms with Gasteiger partial charge in [0.2, 0.25) is 0 Å². The van der Waals surface area contributed by atoms with Gasteiger partial charge in [-0.15, -0.1) is 0 Å². The molecule has 0 aromatic heterocycles. The lowest BCUT2D eigenvalue weighted by molar-refractivity contribution is 0.0747. The standard InChI is InChI=1S/C31H32N4O/c1-32-29-18-17-28(33-19-21-34(22-20-33)31(36)26-13-7-3-8-14-26)23-30(29)35(27-15-9-4-10-16-27)24-25-11-5-2-6-12-25/h2-18,23,32H,19-22,24H2,1H3. The molecule has 0 saturated carbocycles. The highest BCUT2D eigenvalue weighted by Crippen LogP contribution is 2.37. The van der Waals surface area contributed by atoms with Gasteiger partial charge in [0.1, 0.15) is 0 Å². The van der Waals surface area contributed by atoms with Crippen LogP contribution < -0.4 is 15.1 Å². The van der Waals surface area contributed by atoms with Crippen molar-refractivity contribution in [2.45, 2.75) is 6.54 Å². The minimum atomic E-state index is 0.111. The maximum absolute atomic E-state index is 12.9. The van der Waals surface area contributed by atoms with Gasteiger partial charge >= 0.3 is 0 Å². The lowest BCUT2D eigenvalue weighted by atomic mass is 10.1. The van der Waals surface area contributed by atoms with Crippen molar-refractivity contribution in [1.29, 1.82) is 0 Å². The van der Waals surface area contributed by atoms with E-state index in [2.05, 4.69) is 94.0 Å². The van der Waals surface area contributed by atoms with E-state index < -0.39 is 0 Å². The molecule has 5 heteroatoms. The highest BCUT2D eigenvalue weighted by atomic mass is 16.2. The number of hydrogen-bond acceptors (Lipinski definition) is 4. The van der Waals surface area contributed by atoms with Crippen LogP contribution in [0.3, 0.4) is 0 Å². The van der Waals surface area contributed by atoms with Gasteiger partial charge in [0.15, 0.2) is 0 Å². The number of para-hydroxylation sites is 1. The van der Waals surface area contributed by atoms with Crippen molar-refractivity contribution < 1.29 is 4.79 Å². The van der Waals surface area contributed by atoms with Crippen LogP contribution in [-0.4, -0.2) is 44.0 Å². The lowest BCUT2D eigenvalue weighted by Gasteiger charge is -2.37. The monoisotopic (exact) mass is 476 g/mol. The highest BCUT2D eigenvalue weighted by Gasteiger charge is 2.23. The van der Waals surface area contributed by atoms with Gasteiger partial charge in [-0.1, -0.05) is 66.7 Å². The average Bonchev–Trinajstić information content (AvgIpc) is 2.97. The predicted octanol–water partition coefficient (Wildman–Crippen LogP) is 6.03. The molecule has 0 aliphatic carbocycles. The molecule has 36 heavy (non-hydrogen) atoms. The quantitative estimate of drug-likeness (QED) is 0.354. The molecule has 1 amide bonds. The van der Waals surface area contributed by atoms with Gasteiger partial charge < -0.3 is 20.0 Å². The summed E-state index contributed by atoms with van der Waals surface area (Å²) in [5.74, 6) is 0.111. The van der Waals surface area contributed by atoms with Crippen LogP contribution in [0.25, 0.3) is 0 Å². The molecule has 4 aromatic rings. The number of nitrogens with zero attached hydrogens (tertiary/aromatic N) is 3. The Bertz CT molecular complexity index is 1270. The van der Waals surface area contributed by atoms with E-state index in [9.17, 15) is 4.79 Å². The minimum absolute atomic E-state index is 0.111. The summed E-state index contributed by atoms with van der Waals surface area (Å²) in [5, 5.41) is 3.39. The molecular weight excluding hydrogens is 444 g/mol. The molecule has 0 spiro atoms. The van der Waals surface area contributed by atoms with Gasteiger partial charge in [-0.3, -0.25) is 4.79 Å². The Morgan fingerprint density at radius 3 is 2.03 bits per heavy atom. The number of hydrogen-bond donors (Lipinski definition) is 1. The number of benzene rings is 4. The minimum Gasteiger partial charge on any atom is -0.386 e. The van der Waals surface area contributed by atoms with Gasteiger partial charge in [0, 0.05) is 56.7 Å². The van der Waals surface area contributed by atoms with E-state index in [0.717, 1.165) is 42.3 Å². The Morgan fingerprint density at radius 2 is 1.39 bits per heavy atom. The number of piperazine rings is 1. The summed E-state index contributed by atoms with van der Waals surface area (Å²) >= 11 is 0. The SMILES string of the molecule is CNc1ccc(N2CCN(C(=O)c3ccccc3)CC2)cc1N(Cc1ccccc1)c1ccccc1. The topological polar surface area (TPSA) is 38.8 Å². The third-order valence-electron chi connectivity index (χ3n) is 6.75. The first-order valence-electron chi connectivity index (χ1n) is 12.5. The van der Waals surface area contributed by atoms with Crippen LogP contribution in [0.15, 0.2) is 109 Å². The molecule has 0 atom stereocenters. The Hall–Kier alpha value is -4.25. The maximum Gasteiger partial charge on any atom is 0.253 e. The molecule has 0 unspecified atom stereocenters. The summed E-state index contributed by atoms with van der Waals surface area (Å²) in [4.78, 5) is 19.6. The van der Waals surface area contributed by atoms with Crippen molar-refractivity contribution >= 4 is 28.7 Å². The molecule has 1 aliphatic rings. The largest absolute Gasteiger partial charge is 0.386 e. The van der Waals surface area contributed by atoms with Gasteiger partial charge in [0.05, 0.1) is 11.4 Å². The van der Waals surface area contributed by atoms with E-state index >= 15 is 0 Å². The van der Waals surface area contributed by atoms with Crippen LogP contribution >= 0.6 is 0 Å². The molecule has 182 valence electrons. The molecule has 1 aliphatic heterocycles. The lowest BCUT2D eigenvalue weighted by Crippen LogP contribution is -2.48. The zero-order chi connectivity index (χ0) is 24.7. The van der Waals surface area contributed by atoms with E-state index in [1.165, 1.54) is 11.3 Å². The van der Waals surface area contributed by atoms with Gasteiger partial charge in [-0.05, 0) is 48.0 Å². The Morgan fingerprint density at radius 1 is 0.778 bits per heavy atom. The van der Waals surface area contributed by atoms with Gasteiger partial charge in [-0.2, -0.15) is 0 Å². The van der Waals surface area contributed by atoms with E-state index in [-0.39, 0.29) is 5.91 Å². The van der Waals surface area contributed by atoms with E-state index in [4.69, 9.17) is 0 Å². The second kappa shape index (κ2) is 11.0. The zero-order valence-electron chi connectivity index (χ0n) is 20.7. The van der Waals surface area contributed by atoms with Crippen LogP contribution in [0.5, 0.6) is 0 Å². The molecule has 0 radical (unpaired) electrons. The summed E-state index contributed by atoms with van der Waals surface area (Å²) in [7, 11) is 1.97. The zero-order valence-corrected chi connectivity index (χ0v) is 20.7. The summed E-state index contributed by atoms with van der Waals surface area (Å²) < 4.78 is 0. The van der Waals surface area contributed by atoms with Crippen molar-refractivity contribution in [3.8, 4) is 0 Å². The number of rotatable bonds is 7. The van der Waals surface area contributed by atoms with Crippen molar-refractivity contribution in [3.05, 3.63) is 120 Å². The molecule has 1 heterocycles. The first-order chi connectivity index (χ1) is 17.7. The highest BCUT2D eigenvalue weighted by molar-refractivity contribution is 5.94. The van der Waals surface area contributed by atoms with Crippen molar-refractivity contribution in [1.82, 2.24) is 4.90 Å². The van der Waals surface area contributed by atoms with Crippen molar-refractivity contribution in [2.75, 3.05) is 48.3 Å². The van der Waals surface area contributed by atoms with E-state index in [1.54, 1.807) is 0 Å². The molecule has 4 aromatic carbocycles. The smallest absolute Gasteiger partial charge is 0.253 e. The third kappa shape index (κ3) is 5.20. The van der Waals surface area contributed by atoms with Crippen LogP contribution in [0, 0.1) is 0 Å². The van der Waals surface area contributed by atoms with Crippen LogP contribution in [0.1, 0.15) is 15.9 Å². The molecule has 1 N–H and O–H groups in total. The third-order valence-corrected chi connectivity index (χ3v) is 6.75. The summed E-state index contributed by atoms with van der Waals surface area (Å²) in [6, 6.07) is 37.3. The van der Waals surface area contributed by atoms with Crippen LogP contribution in [0.4, 0.5) is 22.7 Å². The van der Waals surface area contributed by atoms with Crippen LogP contribution in [-0.2, 0) is 6.54 Å². The average molecular weight is 477 g/mol. The summed E-state index contributed by atoms with van der Waals surface area (Å²) in [5.41, 5.74) is 6.54. The normalized spacial score (nSPS) is 13.4. The second-order valence-corrected chi connectivity index (χ2v) is 9.00. The van der Waals surface area contributed by atoms with E-state index in [1.807, 2.05) is 42.3 Å². The number of carbonyl (C=O) groups excluding carboxylic acids is 1. The maximum atomic E-state index is 12.9. The molecular formula is C31H32N4O. The number of carbonyl (C=O) groups is 1. The molecule has 5 nitrogen and oxygen atoms in total. The molecule has 0 bridgehead atoms. The molecule has 5 rings (SSSR count). The predicted molar refractivity (Wildman–Crippen MR) is 149 cm³/mol. The fourth-order valence-electron chi connectivity index (χ4n) is 4.77. The van der Waals surface area contributed by atoms with Crippen molar-refractivity contribution in [3.63, 3.8) is 0 Å². The number of nitrogens with one attached hydrogen (secondary N) is 1. The molecule has 1 saturated heterocycles. The van der Waals surface area contributed by atoms with Gasteiger partial charge in [-0.25, -0.2) is 0 Å². The second-order valence-electron chi connectivity index (χ2n) is 9.00. The van der Waals surface area contributed by atoms with E-state index in [0.29, 0.717) is 13.1 Å². The van der Waals surface area contributed by atoms with Crippen molar-refractivity contribution in [2.24, 2.45) is 0 Å². The van der Waals surface area contributed by atoms with Crippen LogP contribution in [0.2, 0.25) is 0 Å². The number of amides is 1. The number of anilines is 4.